The van der Waals surface area contributed by atoms with E-state index in [1.54, 1.807) is 19.2 Å². The average molecular weight is 312 g/mol. The Balaban J connectivity index is 2.90. The summed E-state index contributed by atoms with van der Waals surface area (Å²) in [5, 5.41) is 2.96. The summed E-state index contributed by atoms with van der Waals surface area (Å²) in [5.74, 6) is 0.243. The second-order valence-electron chi connectivity index (χ2n) is 3.60. The van der Waals surface area contributed by atoms with Gasteiger partial charge in [-0.1, -0.05) is 15.9 Å². The minimum atomic E-state index is -4.33. The Hall–Kier alpha value is -0.750. The molecule has 0 bridgehead atoms. The topological polar surface area (TPSA) is 21.3 Å². The van der Waals surface area contributed by atoms with Gasteiger partial charge in [0.1, 0.15) is 5.75 Å². The molecular weight excluding hydrogens is 299 g/mol. The van der Waals surface area contributed by atoms with Gasteiger partial charge in [0.25, 0.3) is 0 Å². The zero-order valence-corrected chi connectivity index (χ0v) is 11.0. The van der Waals surface area contributed by atoms with Crippen LogP contribution < -0.4 is 10.1 Å². The van der Waals surface area contributed by atoms with Gasteiger partial charge in [-0.05, 0) is 32.2 Å². The molecule has 1 rings (SSSR count). The molecule has 0 aliphatic carbocycles. The number of alkyl halides is 3. The van der Waals surface area contributed by atoms with E-state index in [0.717, 1.165) is 4.47 Å². The maximum Gasteiger partial charge on any atom is 0.422 e. The first-order chi connectivity index (χ1) is 7.83. The van der Waals surface area contributed by atoms with Crippen LogP contribution in [0.25, 0.3) is 0 Å². The van der Waals surface area contributed by atoms with Crippen molar-refractivity contribution in [1.29, 1.82) is 0 Å². The van der Waals surface area contributed by atoms with E-state index in [4.69, 9.17) is 4.74 Å². The zero-order valence-electron chi connectivity index (χ0n) is 9.44. The molecule has 1 aromatic carbocycles. The van der Waals surface area contributed by atoms with Crippen LogP contribution in [0.15, 0.2) is 22.7 Å². The fraction of sp³-hybridized carbons (Fsp3) is 0.455. The van der Waals surface area contributed by atoms with Crippen molar-refractivity contribution in [3.63, 3.8) is 0 Å². The second kappa shape index (κ2) is 5.73. The number of nitrogens with one attached hydrogen (secondary N) is 1. The molecule has 0 spiro atoms. The summed E-state index contributed by atoms with van der Waals surface area (Å²) >= 11 is 3.28. The van der Waals surface area contributed by atoms with Crippen molar-refractivity contribution in [2.45, 2.75) is 19.1 Å². The number of benzene rings is 1. The van der Waals surface area contributed by atoms with E-state index in [1.165, 1.54) is 6.07 Å². The highest BCUT2D eigenvalue weighted by Gasteiger charge is 2.29. The first kappa shape index (κ1) is 14.3. The van der Waals surface area contributed by atoms with E-state index in [0.29, 0.717) is 5.56 Å². The summed E-state index contributed by atoms with van der Waals surface area (Å²) < 4.78 is 41.8. The Labute approximate surface area is 106 Å². The molecule has 0 heterocycles. The average Bonchev–Trinajstić information content (AvgIpc) is 2.25. The van der Waals surface area contributed by atoms with Crippen molar-refractivity contribution in [3.8, 4) is 5.75 Å². The third-order valence-corrected chi connectivity index (χ3v) is 2.76. The van der Waals surface area contributed by atoms with Gasteiger partial charge in [-0.2, -0.15) is 13.2 Å². The van der Waals surface area contributed by atoms with Crippen LogP contribution >= 0.6 is 15.9 Å². The minimum Gasteiger partial charge on any atom is -0.484 e. The van der Waals surface area contributed by atoms with Crippen LogP contribution in [0.4, 0.5) is 13.2 Å². The summed E-state index contributed by atoms with van der Waals surface area (Å²) in [7, 11) is 1.74. The Morgan fingerprint density at radius 2 is 2.06 bits per heavy atom. The quantitative estimate of drug-likeness (QED) is 0.916. The van der Waals surface area contributed by atoms with Gasteiger partial charge in [0, 0.05) is 16.1 Å². The van der Waals surface area contributed by atoms with E-state index in [1.807, 2.05) is 6.92 Å². The lowest BCUT2D eigenvalue weighted by atomic mass is 10.1. The smallest absolute Gasteiger partial charge is 0.422 e. The molecule has 0 aromatic heterocycles. The predicted octanol–water partition coefficient (Wildman–Crippen LogP) is 3.67. The van der Waals surface area contributed by atoms with Crippen molar-refractivity contribution in [2.24, 2.45) is 0 Å². The second-order valence-corrected chi connectivity index (χ2v) is 4.51. The van der Waals surface area contributed by atoms with Crippen molar-refractivity contribution < 1.29 is 17.9 Å². The first-order valence-corrected chi connectivity index (χ1v) is 5.79. The van der Waals surface area contributed by atoms with Gasteiger partial charge in [0.2, 0.25) is 0 Å². The van der Waals surface area contributed by atoms with E-state index in [2.05, 4.69) is 21.2 Å². The van der Waals surface area contributed by atoms with Gasteiger partial charge in [0.05, 0.1) is 0 Å². The molecule has 1 N–H and O–H groups in total. The van der Waals surface area contributed by atoms with E-state index >= 15 is 0 Å². The maximum absolute atomic E-state index is 12.1. The molecule has 96 valence electrons. The highest BCUT2D eigenvalue weighted by molar-refractivity contribution is 9.10. The fourth-order valence-corrected chi connectivity index (χ4v) is 1.68. The molecule has 1 atom stereocenters. The van der Waals surface area contributed by atoms with Crippen LogP contribution in [0.2, 0.25) is 0 Å². The van der Waals surface area contributed by atoms with E-state index in [-0.39, 0.29) is 11.8 Å². The molecule has 1 aromatic rings. The Bertz CT molecular complexity index is 381. The highest BCUT2D eigenvalue weighted by atomic mass is 79.9. The summed E-state index contributed by atoms with van der Waals surface area (Å²) in [6.45, 7) is 0.570. The van der Waals surface area contributed by atoms with Crippen molar-refractivity contribution >= 4 is 15.9 Å². The van der Waals surface area contributed by atoms with E-state index < -0.39 is 12.8 Å². The molecule has 0 amide bonds. The summed E-state index contributed by atoms with van der Waals surface area (Å²) in [5.41, 5.74) is 0.686. The Morgan fingerprint density at radius 3 is 2.59 bits per heavy atom. The largest absolute Gasteiger partial charge is 0.484 e. The minimum absolute atomic E-state index is 0.0873. The number of rotatable bonds is 4. The van der Waals surface area contributed by atoms with Crippen molar-refractivity contribution in [2.75, 3.05) is 13.7 Å². The summed E-state index contributed by atoms with van der Waals surface area (Å²) in [6, 6.07) is 4.83. The van der Waals surface area contributed by atoms with Crippen LogP contribution in [-0.4, -0.2) is 19.8 Å². The normalized spacial score (nSPS) is 13.5. The monoisotopic (exact) mass is 311 g/mol. The molecule has 0 saturated carbocycles. The third-order valence-electron chi connectivity index (χ3n) is 2.26. The number of ether oxygens (including phenoxy) is 1. The van der Waals surface area contributed by atoms with Crippen LogP contribution in [0.3, 0.4) is 0 Å². The lowest BCUT2D eigenvalue weighted by Crippen LogP contribution is -2.21. The molecule has 6 heteroatoms. The molecule has 0 aliphatic heterocycles. The van der Waals surface area contributed by atoms with Gasteiger partial charge in [-0.15, -0.1) is 0 Å². The van der Waals surface area contributed by atoms with Gasteiger partial charge in [0.15, 0.2) is 6.61 Å². The highest BCUT2D eigenvalue weighted by Crippen LogP contribution is 2.29. The molecule has 0 saturated heterocycles. The van der Waals surface area contributed by atoms with Gasteiger partial charge in [-0.3, -0.25) is 0 Å². The SMILES string of the molecule is CNC(C)c1cc(Br)ccc1OCC(F)(F)F. The van der Waals surface area contributed by atoms with E-state index in [9.17, 15) is 13.2 Å². The Kier molecular flexibility index (Phi) is 4.82. The van der Waals surface area contributed by atoms with Gasteiger partial charge >= 0.3 is 6.18 Å². The van der Waals surface area contributed by atoms with Crippen LogP contribution in [0, 0.1) is 0 Å². The number of hydrogen-bond donors (Lipinski definition) is 1. The summed E-state index contributed by atoms with van der Waals surface area (Å²) in [4.78, 5) is 0. The number of halogens is 4. The van der Waals surface area contributed by atoms with Crippen molar-refractivity contribution in [3.05, 3.63) is 28.2 Å². The Morgan fingerprint density at radius 1 is 1.41 bits per heavy atom. The van der Waals surface area contributed by atoms with Gasteiger partial charge < -0.3 is 10.1 Å². The predicted molar refractivity (Wildman–Crippen MR) is 63.2 cm³/mol. The lowest BCUT2D eigenvalue weighted by Gasteiger charge is -2.17. The zero-order chi connectivity index (χ0) is 13.1. The van der Waals surface area contributed by atoms with Crippen LogP contribution in [0.1, 0.15) is 18.5 Å². The molecule has 17 heavy (non-hydrogen) atoms. The summed E-state index contributed by atoms with van der Waals surface area (Å²) in [6.07, 6.45) is -4.33. The fourth-order valence-electron chi connectivity index (χ4n) is 1.30. The molecule has 0 fully saturated rings. The first-order valence-electron chi connectivity index (χ1n) is 5.00. The maximum atomic E-state index is 12.1. The molecule has 2 nitrogen and oxygen atoms in total. The lowest BCUT2D eigenvalue weighted by molar-refractivity contribution is -0.153. The molecular formula is C11H13BrF3NO. The van der Waals surface area contributed by atoms with Crippen LogP contribution in [-0.2, 0) is 0 Å². The van der Waals surface area contributed by atoms with Crippen molar-refractivity contribution in [1.82, 2.24) is 5.32 Å². The standard InChI is InChI=1S/C11H13BrF3NO/c1-7(16-2)9-5-8(12)3-4-10(9)17-6-11(13,14)15/h3-5,7,16H,6H2,1-2H3. The molecule has 0 aliphatic rings. The molecule has 1 unspecified atom stereocenters. The van der Waals surface area contributed by atoms with Gasteiger partial charge in [-0.25, -0.2) is 0 Å². The van der Waals surface area contributed by atoms with Crippen LogP contribution in [0.5, 0.6) is 5.75 Å². The molecule has 0 radical (unpaired) electrons. The third kappa shape index (κ3) is 4.55. The number of hydrogen-bond acceptors (Lipinski definition) is 2.